The van der Waals surface area contributed by atoms with Crippen LogP contribution in [0.5, 0.6) is 0 Å². The van der Waals surface area contributed by atoms with Crippen LogP contribution >= 0.6 is 0 Å². The maximum absolute atomic E-state index is 12.1. The summed E-state index contributed by atoms with van der Waals surface area (Å²) < 4.78 is 0. The molecule has 4 heteroatoms. The third-order valence-electron chi connectivity index (χ3n) is 4.05. The number of nitrogens with zero attached hydrogens (tertiary/aromatic N) is 1. The fourth-order valence-electron chi connectivity index (χ4n) is 2.87. The first-order valence-electron chi connectivity index (χ1n) is 6.95. The van der Waals surface area contributed by atoms with Crippen LogP contribution in [0.3, 0.4) is 0 Å². The molecule has 19 heavy (non-hydrogen) atoms. The molecule has 0 aromatic carbocycles. The minimum absolute atomic E-state index is 0.0615. The summed E-state index contributed by atoms with van der Waals surface area (Å²) in [6, 6.07) is 3.68. The van der Waals surface area contributed by atoms with Gasteiger partial charge in [0.25, 0.3) is 5.91 Å². The average Bonchev–Trinajstić information content (AvgIpc) is 2.83. The zero-order chi connectivity index (χ0) is 13.8. The van der Waals surface area contributed by atoms with Crippen LogP contribution in [0, 0.1) is 25.7 Å². The lowest BCUT2D eigenvalue weighted by atomic mass is 9.97. The number of aromatic nitrogens is 1. The number of carbonyl (C=O) groups excluding carboxylic acids is 1. The normalized spacial score (nSPS) is 22.5. The van der Waals surface area contributed by atoms with Crippen molar-refractivity contribution in [3.8, 4) is 0 Å². The zero-order valence-electron chi connectivity index (χ0n) is 11.6. The Bertz CT molecular complexity index is 459. The van der Waals surface area contributed by atoms with Gasteiger partial charge in [0.1, 0.15) is 0 Å². The second kappa shape index (κ2) is 6.15. The molecular formula is C15H22N2O2. The first kappa shape index (κ1) is 14.0. The van der Waals surface area contributed by atoms with Crippen LogP contribution in [0.25, 0.3) is 0 Å². The lowest BCUT2D eigenvalue weighted by Crippen LogP contribution is -2.32. The maximum Gasteiger partial charge on any atom is 0.253 e. The molecule has 104 valence electrons. The van der Waals surface area contributed by atoms with Crippen molar-refractivity contribution in [1.29, 1.82) is 0 Å². The van der Waals surface area contributed by atoms with Crippen molar-refractivity contribution in [3.63, 3.8) is 0 Å². The van der Waals surface area contributed by atoms with E-state index < -0.39 is 0 Å². The molecule has 0 bridgehead atoms. The number of nitrogens with one attached hydrogen (secondary N) is 1. The summed E-state index contributed by atoms with van der Waals surface area (Å²) in [7, 11) is 0. The van der Waals surface area contributed by atoms with Crippen LogP contribution in [-0.4, -0.2) is 29.1 Å². The van der Waals surface area contributed by atoms with Crippen molar-refractivity contribution in [2.45, 2.75) is 33.1 Å². The Labute approximate surface area is 114 Å². The quantitative estimate of drug-likeness (QED) is 0.870. The van der Waals surface area contributed by atoms with Crippen molar-refractivity contribution in [2.75, 3.05) is 13.2 Å². The first-order valence-corrected chi connectivity index (χ1v) is 6.95. The van der Waals surface area contributed by atoms with Crippen molar-refractivity contribution in [3.05, 3.63) is 29.1 Å². The van der Waals surface area contributed by atoms with E-state index in [0.717, 1.165) is 30.7 Å². The van der Waals surface area contributed by atoms with Crippen molar-refractivity contribution < 1.29 is 9.90 Å². The number of aryl methyl sites for hydroxylation is 2. The molecule has 1 amide bonds. The summed E-state index contributed by atoms with van der Waals surface area (Å²) in [6.07, 6.45) is 3.32. The highest BCUT2D eigenvalue weighted by Crippen LogP contribution is 2.30. The second-order valence-corrected chi connectivity index (χ2v) is 5.43. The highest BCUT2D eigenvalue weighted by atomic mass is 16.3. The van der Waals surface area contributed by atoms with Crippen LogP contribution in [-0.2, 0) is 0 Å². The highest BCUT2D eigenvalue weighted by molar-refractivity contribution is 5.95. The molecule has 1 aromatic rings. The van der Waals surface area contributed by atoms with E-state index in [1.165, 1.54) is 0 Å². The molecule has 0 spiro atoms. The van der Waals surface area contributed by atoms with Gasteiger partial charge in [0, 0.05) is 18.8 Å². The standard InChI is InChI=1S/C15H22N2O2/c1-10-6-7-14(11(2)17-10)15(19)16-8-12-4-3-5-13(12)9-18/h6-7,12-13,18H,3-5,8-9H2,1-2H3,(H,16,19). The molecule has 1 fully saturated rings. The van der Waals surface area contributed by atoms with Crippen molar-refractivity contribution >= 4 is 5.91 Å². The predicted octanol–water partition coefficient (Wildman–Crippen LogP) is 1.84. The Morgan fingerprint density at radius 2 is 2.11 bits per heavy atom. The third kappa shape index (κ3) is 3.32. The zero-order valence-corrected chi connectivity index (χ0v) is 11.6. The molecule has 1 heterocycles. The second-order valence-electron chi connectivity index (χ2n) is 5.43. The number of hydrogen-bond acceptors (Lipinski definition) is 3. The number of carbonyl (C=O) groups is 1. The Balaban J connectivity index is 1.94. The van der Waals surface area contributed by atoms with Crippen molar-refractivity contribution in [1.82, 2.24) is 10.3 Å². The topological polar surface area (TPSA) is 62.2 Å². The minimum Gasteiger partial charge on any atom is -0.396 e. The summed E-state index contributed by atoms with van der Waals surface area (Å²) in [6.45, 7) is 4.65. The van der Waals surface area contributed by atoms with Gasteiger partial charge in [0.05, 0.1) is 11.3 Å². The van der Waals surface area contributed by atoms with E-state index in [1.54, 1.807) is 0 Å². The Hall–Kier alpha value is -1.42. The molecule has 2 atom stereocenters. The largest absolute Gasteiger partial charge is 0.396 e. The molecule has 1 aliphatic rings. The molecule has 1 aromatic heterocycles. The Morgan fingerprint density at radius 3 is 2.79 bits per heavy atom. The molecule has 0 saturated heterocycles. The summed E-state index contributed by atoms with van der Waals surface area (Å²) in [5.41, 5.74) is 2.33. The summed E-state index contributed by atoms with van der Waals surface area (Å²) >= 11 is 0. The van der Waals surface area contributed by atoms with E-state index in [0.29, 0.717) is 23.9 Å². The van der Waals surface area contributed by atoms with Gasteiger partial charge in [-0.05, 0) is 50.7 Å². The van der Waals surface area contributed by atoms with Gasteiger partial charge in [-0.2, -0.15) is 0 Å². The van der Waals surface area contributed by atoms with Crippen molar-refractivity contribution in [2.24, 2.45) is 11.8 Å². The molecule has 2 unspecified atom stereocenters. The fraction of sp³-hybridized carbons (Fsp3) is 0.600. The third-order valence-corrected chi connectivity index (χ3v) is 4.05. The van der Waals surface area contributed by atoms with Gasteiger partial charge in [-0.1, -0.05) is 6.42 Å². The van der Waals surface area contributed by atoms with Gasteiger partial charge in [0.2, 0.25) is 0 Å². The number of hydrogen-bond donors (Lipinski definition) is 2. The van der Waals surface area contributed by atoms with E-state index in [1.807, 2.05) is 26.0 Å². The monoisotopic (exact) mass is 262 g/mol. The Morgan fingerprint density at radius 1 is 1.37 bits per heavy atom. The van der Waals surface area contributed by atoms with Crippen LogP contribution < -0.4 is 5.32 Å². The van der Waals surface area contributed by atoms with Gasteiger partial charge in [-0.25, -0.2) is 0 Å². The van der Waals surface area contributed by atoms with E-state index >= 15 is 0 Å². The van der Waals surface area contributed by atoms with Gasteiger partial charge in [-0.3, -0.25) is 9.78 Å². The Kier molecular flexibility index (Phi) is 4.53. The molecule has 4 nitrogen and oxygen atoms in total. The van der Waals surface area contributed by atoms with Gasteiger partial charge >= 0.3 is 0 Å². The van der Waals surface area contributed by atoms with Crippen LogP contribution in [0.2, 0.25) is 0 Å². The molecule has 0 aliphatic heterocycles. The lowest BCUT2D eigenvalue weighted by molar-refractivity contribution is 0.0936. The predicted molar refractivity (Wildman–Crippen MR) is 74.0 cm³/mol. The van der Waals surface area contributed by atoms with Gasteiger partial charge in [0.15, 0.2) is 0 Å². The minimum atomic E-state index is -0.0615. The SMILES string of the molecule is Cc1ccc(C(=O)NCC2CCCC2CO)c(C)n1. The van der Waals surface area contributed by atoms with E-state index in [-0.39, 0.29) is 12.5 Å². The summed E-state index contributed by atoms with van der Waals surface area (Å²) in [4.78, 5) is 16.4. The van der Waals surface area contributed by atoms with E-state index in [2.05, 4.69) is 10.3 Å². The molecule has 1 aliphatic carbocycles. The summed E-state index contributed by atoms with van der Waals surface area (Å²) in [5.74, 6) is 0.693. The molecule has 2 N–H and O–H groups in total. The maximum atomic E-state index is 12.1. The van der Waals surface area contributed by atoms with E-state index in [4.69, 9.17) is 0 Å². The first-order chi connectivity index (χ1) is 9.11. The highest BCUT2D eigenvalue weighted by Gasteiger charge is 2.26. The van der Waals surface area contributed by atoms with Crippen LogP contribution in [0.1, 0.15) is 41.0 Å². The smallest absolute Gasteiger partial charge is 0.253 e. The number of amides is 1. The van der Waals surface area contributed by atoms with Crippen LogP contribution in [0.15, 0.2) is 12.1 Å². The number of rotatable bonds is 4. The van der Waals surface area contributed by atoms with Gasteiger partial charge in [-0.15, -0.1) is 0 Å². The number of aliphatic hydroxyl groups is 1. The molecule has 1 saturated carbocycles. The molecule has 2 rings (SSSR count). The lowest BCUT2D eigenvalue weighted by Gasteiger charge is -2.18. The fourth-order valence-corrected chi connectivity index (χ4v) is 2.87. The molecular weight excluding hydrogens is 240 g/mol. The number of aliphatic hydroxyl groups excluding tert-OH is 1. The number of pyridine rings is 1. The van der Waals surface area contributed by atoms with Crippen LogP contribution in [0.4, 0.5) is 0 Å². The summed E-state index contributed by atoms with van der Waals surface area (Å²) in [5, 5.41) is 12.2. The molecule has 0 radical (unpaired) electrons. The van der Waals surface area contributed by atoms with Gasteiger partial charge < -0.3 is 10.4 Å². The average molecular weight is 262 g/mol. The van der Waals surface area contributed by atoms with E-state index in [9.17, 15) is 9.90 Å².